The molecule has 2 nitrogen and oxygen atoms in total. The number of ether oxygens (including phenoxy) is 2. The summed E-state index contributed by atoms with van der Waals surface area (Å²) in [5.41, 5.74) is 1.01. The minimum absolute atomic E-state index is 0.143. The van der Waals surface area contributed by atoms with Gasteiger partial charge in [-0.3, -0.25) is 0 Å². The molecule has 1 aliphatic rings. The number of hydrogen-bond donors (Lipinski definition) is 0. The van der Waals surface area contributed by atoms with E-state index in [0.717, 1.165) is 12.0 Å². The molecule has 0 aliphatic carbocycles. The molecule has 0 saturated carbocycles. The molecule has 0 amide bonds. The molecule has 1 fully saturated rings. The van der Waals surface area contributed by atoms with Gasteiger partial charge in [-0.05, 0) is 29.3 Å². The maximum atomic E-state index is 6.04. The lowest BCUT2D eigenvalue weighted by Crippen LogP contribution is -2.25. The summed E-state index contributed by atoms with van der Waals surface area (Å²) in [5, 5.41) is 2.41. The van der Waals surface area contributed by atoms with Crippen molar-refractivity contribution in [2.45, 2.75) is 25.2 Å². The van der Waals surface area contributed by atoms with Crippen LogP contribution in [0.15, 0.2) is 55.1 Å². The van der Waals surface area contributed by atoms with Crippen LogP contribution < -0.4 is 0 Å². The van der Waals surface area contributed by atoms with E-state index in [1.165, 1.54) is 10.8 Å². The van der Waals surface area contributed by atoms with Crippen LogP contribution in [0.25, 0.3) is 10.8 Å². The van der Waals surface area contributed by atoms with Crippen LogP contribution >= 0.6 is 0 Å². The van der Waals surface area contributed by atoms with E-state index in [1.54, 1.807) is 6.08 Å². The monoisotopic (exact) mass is 254 g/mol. The van der Waals surface area contributed by atoms with Crippen molar-refractivity contribution in [3.8, 4) is 0 Å². The van der Waals surface area contributed by atoms with E-state index in [-0.39, 0.29) is 6.10 Å². The van der Waals surface area contributed by atoms with Crippen molar-refractivity contribution in [3.05, 3.63) is 60.7 Å². The Morgan fingerprint density at radius 3 is 2.74 bits per heavy atom. The number of hydrogen-bond acceptors (Lipinski definition) is 2. The van der Waals surface area contributed by atoms with Gasteiger partial charge in [-0.15, -0.1) is 0 Å². The topological polar surface area (TPSA) is 18.5 Å². The van der Waals surface area contributed by atoms with Gasteiger partial charge < -0.3 is 9.47 Å². The number of benzene rings is 2. The highest BCUT2D eigenvalue weighted by Gasteiger charge is 2.40. The standard InChI is InChI=1S/C17H18O2/c1-3-16-12-18-17(4-2,19-16)15-10-9-13-7-5-6-8-14(13)11-15/h4-11,16H,2-3,12H2,1H3/t16-,17-/m0/s1. The molecule has 0 aromatic heterocycles. The molecule has 1 saturated heterocycles. The van der Waals surface area contributed by atoms with E-state index < -0.39 is 5.79 Å². The van der Waals surface area contributed by atoms with E-state index in [0.29, 0.717) is 6.61 Å². The fraction of sp³-hybridized carbons (Fsp3) is 0.294. The quantitative estimate of drug-likeness (QED) is 0.771. The molecule has 2 heteroatoms. The zero-order valence-electron chi connectivity index (χ0n) is 11.1. The van der Waals surface area contributed by atoms with E-state index >= 15 is 0 Å². The molecule has 1 aliphatic heterocycles. The van der Waals surface area contributed by atoms with Crippen molar-refractivity contribution >= 4 is 10.8 Å². The first-order chi connectivity index (χ1) is 9.27. The predicted octanol–water partition coefficient (Wildman–Crippen LogP) is 4.00. The minimum atomic E-state index is -0.787. The molecule has 2 aromatic rings. The molecule has 0 radical (unpaired) electrons. The molecular formula is C17H18O2. The van der Waals surface area contributed by atoms with Crippen LogP contribution in [0.1, 0.15) is 18.9 Å². The summed E-state index contributed by atoms with van der Waals surface area (Å²) in [5.74, 6) is -0.787. The first-order valence-electron chi connectivity index (χ1n) is 6.72. The number of rotatable bonds is 3. The van der Waals surface area contributed by atoms with Gasteiger partial charge in [0.15, 0.2) is 0 Å². The van der Waals surface area contributed by atoms with E-state index in [4.69, 9.17) is 9.47 Å². The molecule has 0 N–H and O–H groups in total. The van der Waals surface area contributed by atoms with Crippen LogP contribution in [0, 0.1) is 0 Å². The average Bonchev–Trinajstić information content (AvgIpc) is 2.92. The normalized spacial score (nSPS) is 26.7. The van der Waals surface area contributed by atoms with Gasteiger partial charge in [0.1, 0.15) is 0 Å². The lowest BCUT2D eigenvalue weighted by molar-refractivity contribution is -0.136. The van der Waals surface area contributed by atoms with Gasteiger partial charge in [0.25, 0.3) is 0 Å². The van der Waals surface area contributed by atoms with Crippen LogP contribution in [-0.2, 0) is 15.3 Å². The molecular weight excluding hydrogens is 236 g/mol. The molecule has 0 bridgehead atoms. The summed E-state index contributed by atoms with van der Waals surface area (Å²) in [7, 11) is 0. The van der Waals surface area contributed by atoms with Crippen LogP contribution in [0.3, 0.4) is 0 Å². The Morgan fingerprint density at radius 2 is 2.05 bits per heavy atom. The fourth-order valence-corrected chi connectivity index (χ4v) is 2.52. The first-order valence-corrected chi connectivity index (χ1v) is 6.72. The first kappa shape index (κ1) is 12.4. The summed E-state index contributed by atoms with van der Waals surface area (Å²) >= 11 is 0. The predicted molar refractivity (Wildman–Crippen MR) is 76.9 cm³/mol. The highest BCUT2D eigenvalue weighted by molar-refractivity contribution is 5.83. The molecule has 0 unspecified atom stereocenters. The molecule has 19 heavy (non-hydrogen) atoms. The van der Waals surface area contributed by atoms with E-state index in [9.17, 15) is 0 Å². The molecule has 2 atom stereocenters. The highest BCUT2D eigenvalue weighted by atomic mass is 16.7. The van der Waals surface area contributed by atoms with Crippen molar-refractivity contribution < 1.29 is 9.47 Å². The van der Waals surface area contributed by atoms with Gasteiger partial charge >= 0.3 is 0 Å². The molecule has 3 rings (SSSR count). The van der Waals surface area contributed by atoms with Crippen LogP contribution in [0.2, 0.25) is 0 Å². The Morgan fingerprint density at radius 1 is 1.26 bits per heavy atom. The van der Waals surface area contributed by atoms with Crippen molar-refractivity contribution in [2.24, 2.45) is 0 Å². The Hall–Kier alpha value is -1.64. The zero-order valence-corrected chi connectivity index (χ0v) is 11.1. The van der Waals surface area contributed by atoms with Crippen molar-refractivity contribution in [1.29, 1.82) is 0 Å². The van der Waals surface area contributed by atoms with Crippen LogP contribution in [0.4, 0.5) is 0 Å². The lowest BCUT2D eigenvalue weighted by Gasteiger charge is -2.25. The van der Waals surface area contributed by atoms with E-state index in [2.05, 4.69) is 43.8 Å². The average molecular weight is 254 g/mol. The summed E-state index contributed by atoms with van der Waals surface area (Å²) in [6, 6.07) is 14.6. The molecule has 2 aromatic carbocycles. The molecule has 1 heterocycles. The summed E-state index contributed by atoms with van der Waals surface area (Å²) in [4.78, 5) is 0. The SMILES string of the molecule is C=C[C@]1(c2ccc3ccccc3c2)OC[C@H](CC)O1. The second-order valence-corrected chi connectivity index (χ2v) is 4.89. The second kappa shape index (κ2) is 4.80. The van der Waals surface area contributed by atoms with Gasteiger partial charge in [0.2, 0.25) is 5.79 Å². The Balaban J connectivity index is 2.04. The zero-order chi connectivity index (χ0) is 13.3. The van der Waals surface area contributed by atoms with Crippen LogP contribution in [-0.4, -0.2) is 12.7 Å². The van der Waals surface area contributed by atoms with Crippen molar-refractivity contribution in [3.63, 3.8) is 0 Å². The van der Waals surface area contributed by atoms with Gasteiger partial charge in [0, 0.05) is 5.56 Å². The van der Waals surface area contributed by atoms with Gasteiger partial charge in [0.05, 0.1) is 12.7 Å². The summed E-state index contributed by atoms with van der Waals surface area (Å²) in [6.07, 6.45) is 2.85. The van der Waals surface area contributed by atoms with Crippen molar-refractivity contribution in [1.82, 2.24) is 0 Å². The smallest absolute Gasteiger partial charge is 0.215 e. The largest absolute Gasteiger partial charge is 0.340 e. The fourth-order valence-electron chi connectivity index (χ4n) is 2.52. The Bertz CT molecular complexity index is 605. The molecule has 0 spiro atoms. The maximum absolute atomic E-state index is 6.04. The third-order valence-electron chi connectivity index (χ3n) is 3.70. The maximum Gasteiger partial charge on any atom is 0.215 e. The lowest BCUT2D eigenvalue weighted by atomic mass is 10.0. The minimum Gasteiger partial charge on any atom is -0.340 e. The van der Waals surface area contributed by atoms with Crippen LogP contribution in [0.5, 0.6) is 0 Å². The highest BCUT2D eigenvalue weighted by Crippen LogP contribution is 2.37. The second-order valence-electron chi connectivity index (χ2n) is 4.89. The van der Waals surface area contributed by atoms with E-state index in [1.807, 2.05) is 12.1 Å². The summed E-state index contributed by atoms with van der Waals surface area (Å²) < 4.78 is 11.9. The third-order valence-corrected chi connectivity index (χ3v) is 3.70. The Kier molecular flexibility index (Phi) is 3.13. The number of fused-ring (bicyclic) bond motifs is 1. The van der Waals surface area contributed by atoms with Gasteiger partial charge in [-0.2, -0.15) is 0 Å². The van der Waals surface area contributed by atoms with Gasteiger partial charge in [-0.25, -0.2) is 0 Å². The van der Waals surface area contributed by atoms with Crippen molar-refractivity contribution in [2.75, 3.05) is 6.61 Å². The summed E-state index contributed by atoms with van der Waals surface area (Å²) in [6.45, 7) is 6.62. The van der Waals surface area contributed by atoms with Gasteiger partial charge in [-0.1, -0.05) is 49.9 Å². The molecule has 98 valence electrons. The third kappa shape index (κ3) is 2.07. The Labute approximate surface area is 113 Å².